The predicted molar refractivity (Wildman–Crippen MR) is 79.1 cm³/mol. The van der Waals surface area contributed by atoms with Gasteiger partial charge in [-0.3, -0.25) is 0 Å². The van der Waals surface area contributed by atoms with Crippen LogP contribution in [0.1, 0.15) is 26.7 Å². The van der Waals surface area contributed by atoms with E-state index in [4.69, 9.17) is 38.6 Å². The van der Waals surface area contributed by atoms with Gasteiger partial charge in [-0.2, -0.15) is 0 Å². The van der Waals surface area contributed by atoms with E-state index < -0.39 is 9.05 Å². The molecule has 0 fully saturated rings. The molecule has 7 heteroatoms. The van der Waals surface area contributed by atoms with E-state index in [-0.39, 0.29) is 14.9 Å². The molecule has 0 bridgehead atoms. The molecule has 0 heterocycles. The van der Waals surface area contributed by atoms with Gasteiger partial charge in [0.05, 0.1) is 11.6 Å². The molecule has 0 amide bonds. The second-order valence-corrected chi connectivity index (χ2v) is 7.62. The topological polar surface area (TPSA) is 43.4 Å². The van der Waals surface area contributed by atoms with Crippen molar-refractivity contribution in [2.45, 2.75) is 31.6 Å². The molecule has 0 aromatic heterocycles. The van der Waals surface area contributed by atoms with Gasteiger partial charge in [-0.25, -0.2) is 8.42 Å². The highest BCUT2D eigenvalue weighted by atomic mass is 35.7. The molecule has 3 nitrogen and oxygen atoms in total. The van der Waals surface area contributed by atoms with Crippen molar-refractivity contribution in [3.8, 4) is 5.75 Å². The summed E-state index contributed by atoms with van der Waals surface area (Å²) in [6, 6.07) is 2.75. The van der Waals surface area contributed by atoms with E-state index in [1.165, 1.54) is 12.1 Å². The SMILES string of the molecule is CCCC(C)COc1ccc(S(=O)(=O)Cl)c(Cl)c1Cl. The Morgan fingerprint density at radius 1 is 1.26 bits per heavy atom. The molecular weight excluding hydrogens is 331 g/mol. The average Bonchev–Trinajstić information content (AvgIpc) is 2.29. The Hall–Kier alpha value is -0.160. The minimum atomic E-state index is -3.91. The van der Waals surface area contributed by atoms with Crippen LogP contribution in [0.15, 0.2) is 17.0 Å². The fourth-order valence-electron chi connectivity index (χ4n) is 1.62. The van der Waals surface area contributed by atoms with E-state index >= 15 is 0 Å². The number of benzene rings is 1. The molecule has 0 N–H and O–H groups in total. The number of halogens is 3. The van der Waals surface area contributed by atoms with Crippen LogP contribution >= 0.6 is 33.9 Å². The van der Waals surface area contributed by atoms with Crippen LogP contribution in [-0.4, -0.2) is 15.0 Å². The molecule has 0 saturated heterocycles. The van der Waals surface area contributed by atoms with Crippen LogP contribution in [0.25, 0.3) is 0 Å². The first-order valence-corrected chi connectivity index (χ1v) is 8.89. The van der Waals surface area contributed by atoms with Gasteiger partial charge in [-0.1, -0.05) is 43.5 Å². The van der Waals surface area contributed by atoms with E-state index in [9.17, 15) is 8.42 Å². The van der Waals surface area contributed by atoms with Gasteiger partial charge >= 0.3 is 0 Å². The lowest BCUT2D eigenvalue weighted by atomic mass is 10.1. The summed E-state index contributed by atoms with van der Waals surface area (Å²) in [6.45, 7) is 4.66. The van der Waals surface area contributed by atoms with Gasteiger partial charge in [0.1, 0.15) is 15.7 Å². The molecule has 0 saturated carbocycles. The monoisotopic (exact) mass is 344 g/mol. The van der Waals surface area contributed by atoms with Crippen LogP contribution in [0.2, 0.25) is 10.0 Å². The zero-order valence-electron chi connectivity index (χ0n) is 10.6. The molecular formula is C12H15Cl3O3S. The highest BCUT2D eigenvalue weighted by Gasteiger charge is 2.20. The largest absolute Gasteiger partial charge is 0.492 e. The van der Waals surface area contributed by atoms with Gasteiger partial charge in [0.2, 0.25) is 0 Å². The lowest BCUT2D eigenvalue weighted by Crippen LogP contribution is -2.08. The number of hydrogen-bond acceptors (Lipinski definition) is 3. The van der Waals surface area contributed by atoms with E-state index in [0.717, 1.165) is 12.8 Å². The summed E-state index contributed by atoms with van der Waals surface area (Å²) in [5.41, 5.74) is 0. The van der Waals surface area contributed by atoms with Crippen molar-refractivity contribution in [2.75, 3.05) is 6.61 Å². The third kappa shape index (κ3) is 4.71. The molecule has 1 aromatic carbocycles. The van der Waals surface area contributed by atoms with E-state index in [0.29, 0.717) is 18.3 Å². The maximum absolute atomic E-state index is 11.3. The second-order valence-electron chi connectivity index (χ2n) is 4.33. The quantitative estimate of drug-likeness (QED) is 0.700. The Bertz CT molecular complexity index is 543. The van der Waals surface area contributed by atoms with Crippen LogP contribution < -0.4 is 4.74 Å². The highest BCUT2D eigenvalue weighted by Crippen LogP contribution is 2.38. The Balaban J connectivity index is 2.92. The number of hydrogen-bond donors (Lipinski definition) is 0. The molecule has 1 aromatic rings. The van der Waals surface area contributed by atoms with E-state index in [1.807, 2.05) is 0 Å². The minimum absolute atomic E-state index is 0.0621. The van der Waals surface area contributed by atoms with Gasteiger partial charge in [-0.15, -0.1) is 0 Å². The molecule has 1 atom stereocenters. The smallest absolute Gasteiger partial charge is 0.262 e. The highest BCUT2D eigenvalue weighted by molar-refractivity contribution is 8.13. The van der Waals surface area contributed by atoms with E-state index in [1.54, 1.807) is 0 Å². The maximum atomic E-state index is 11.3. The van der Waals surface area contributed by atoms with Gasteiger partial charge in [-0.05, 0) is 24.5 Å². The molecule has 1 unspecified atom stereocenters. The summed E-state index contributed by atoms with van der Waals surface area (Å²) in [7, 11) is 1.33. The van der Waals surface area contributed by atoms with Crippen molar-refractivity contribution >= 4 is 42.9 Å². The van der Waals surface area contributed by atoms with Crippen molar-refractivity contribution < 1.29 is 13.2 Å². The first-order chi connectivity index (χ1) is 8.77. The van der Waals surface area contributed by atoms with Crippen LogP contribution in [0.5, 0.6) is 5.75 Å². The van der Waals surface area contributed by atoms with Crippen LogP contribution in [-0.2, 0) is 9.05 Å². The molecule has 0 aliphatic heterocycles. The zero-order chi connectivity index (χ0) is 14.6. The Labute approximate surface area is 128 Å². The van der Waals surface area contributed by atoms with Gasteiger partial charge < -0.3 is 4.74 Å². The molecule has 0 aliphatic rings. The average molecular weight is 346 g/mol. The van der Waals surface area contributed by atoms with Crippen LogP contribution in [0, 0.1) is 5.92 Å². The van der Waals surface area contributed by atoms with Crippen LogP contribution in [0.3, 0.4) is 0 Å². The lowest BCUT2D eigenvalue weighted by Gasteiger charge is -2.14. The van der Waals surface area contributed by atoms with E-state index in [2.05, 4.69) is 13.8 Å². The molecule has 108 valence electrons. The number of ether oxygens (including phenoxy) is 1. The third-order valence-electron chi connectivity index (χ3n) is 2.58. The van der Waals surface area contributed by atoms with Gasteiger partial charge in [0, 0.05) is 10.7 Å². The minimum Gasteiger partial charge on any atom is -0.492 e. The summed E-state index contributed by atoms with van der Waals surface area (Å²) >= 11 is 11.9. The van der Waals surface area contributed by atoms with Crippen molar-refractivity contribution in [1.82, 2.24) is 0 Å². The van der Waals surface area contributed by atoms with Crippen LogP contribution in [0.4, 0.5) is 0 Å². The molecule has 19 heavy (non-hydrogen) atoms. The molecule has 0 aliphatic carbocycles. The fourth-order valence-corrected chi connectivity index (χ4v) is 3.41. The first kappa shape index (κ1) is 16.9. The van der Waals surface area contributed by atoms with Crippen molar-refractivity contribution in [1.29, 1.82) is 0 Å². The molecule has 0 radical (unpaired) electrons. The second kappa shape index (κ2) is 7.02. The predicted octanol–water partition coefficient (Wildman–Crippen LogP) is 4.74. The Morgan fingerprint density at radius 2 is 1.89 bits per heavy atom. The summed E-state index contributed by atoms with van der Waals surface area (Å²) < 4.78 is 28.0. The van der Waals surface area contributed by atoms with Crippen molar-refractivity contribution in [3.05, 3.63) is 22.2 Å². The summed E-state index contributed by atoms with van der Waals surface area (Å²) in [5.74, 6) is 0.745. The van der Waals surface area contributed by atoms with Crippen molar-refractivity contribution in [3.63, 3.8) is 0 Å². The Morgan fingerprint density at radius 3 is 2.42 bits per heavy atom. The lowest BCUT2D eigenvalue weighted by molar-refractivity contribution is 0.251. The van der Waals surface area contributed by atoms with Gasteiger partial charge in [0.25, 0.3) is 9.05 Å². The third-order valence-corrected chi connectivity index (χ3v) is 4.92. The fraction of sp³-hybridized carbons (Fsp3) is 0.500. The normalized spacial score (nSPS) is 13.3. The zero-order valence-corrected chi connectivity index (χ0v) is 13.7. The first-order valence-electron chi connectivity index (χ1n) is 5.82. The van der Waals surface area contributed by atoms with Crippen molar-refractivity contribution in [2.24, 2.45) is 5.92 Å². The summed E-state index contributed by atoms with van der Waals surface area (Å²) in [6.07, 6.45) is 2.11. The maximum Gasteiger partial charge on any atom is 0.262 e. The Kier molecular flexibility index (Phi) is 6.24. The number of rotatable bonds is 6. The standard InChI is InChI=1S/C12H15Cl3O3S/c1-3-4-8(2)7-18-9-5-6-10(19(15,16)17)12(14)11(9)13/h5-6,8H,3-4,7H2,1-2H3. The van der Waals surface area contributed by atoms with Gasteiger partial charge in [0.15, 0.2) is 0 Å². The molecule has 0 spiro atoms. The molecule has 1 rings (SSSR count). The summed E-state index contributed by atoms with van der Waals surface area (Å²) in [5, 5.41) is -0.0515. The summed E-state index contributed by atoms with van der Waals surface area (Å²) in [4.78, 5) is -0.213.